The van der Waals surface area contributed by atoms with Crippen molar-refractivity contribution >= 4 is 41.8 Å². The van der Waals surface area contributed by atoms with Crippen LogP contribution in [0.1, 0.15) is 41.6 Å². The van der Waals surface area contributed by atoms with Crippen LogP contribution < -0.4 is 21.3 Å². The number of halogens is 1. The van der Waals surface area contributed by atoms with Gasteiger partial charge >= 0.3 is 0 Å². The van der Waals surface area contributed by atoms with E-state index in [0.29, 0.717) is 12.1 Å². The summed E-state index contributed by atoms with van der Waals surface area (Å²) in [7, 11) is 3.37. The van der Waals surface area contributed by atoms with Gasteiger partial charge in [0.1, 0.15) is 0 Å². The van der Waals surface area contributed by atoms with Gasteiger partial charge < -0.3 is 21.3 Å². The maximum absolute atomic E-state index is 11.7. The van der Waals surface area contributed by atoms with Gasteiger partial charge in [-0.3, -0.25) is 14.6 Å². The molecule has 0 bridgehead atoms. The third-order valence-electron chi connectivity index (χ3n) is 4.77. The van der Waals surface area contributed by atoms with Crippen LogP contribution in [0.5, 0.6) is 0 Å². The summed E-state index contributed by atoms with van der Waals surface area (Å²) in [5.41, 5.74) is 1.76. The fraction of sp³-hybridized carbons (Fsp3) is 0.550. The van der Waals surface area contributed by atoms with Gasteiger partial charge in [-0.2, -0.15) is 0 Å². The molecule has 0 atom stereocenters. The van der Waals surface area contributed by atoms with Crippen LogP contribution in [0.25, 0.3) is 0 Å². The molecule has 7 nitrogen and oxygen atoms in total. The van der Waals surface area contributed by atoms with Crippen molar-refractivity contribution in [3.63, 3.8) is 0 Å². The van der Waals surface area contributed by atoms with Crippen molar-refractivity contribution in [3.05, 3.63) is 35.4 Å². The van der Waals surface area contributed by atoms with E-state index in [-0.39, 0.29) is 41.7 Å². The lowest BCUT2D eigenvalue weighted by Crippen LogP contribution is -2.40. The normalized spacial score (nSPS) is 13.7. The second-order valence-electron chi connectivity index (χ2n) is 6.73. The molecule has 1 aliphatic carbocycles. The Bertz CT molecular complexity index is 662. The Hall–Kier alpha value is -1.84. The van der Waals surface area contributed by atoms with Gasteiger partial charge in [0.05, 0.1) is 0 Å². The second kappa shape index (κ2) is 13.4. The number of rotatable bonds is 9. The molecule has 1 aromatic rings. The molecule has 1 saturated carbocycles. The number of amides is 2. The van der Waals surface area contributed by atoms with Crippen LogP contribution in [0.4, 0.5) is 0 Å². The van der Waals surface area contributed by atoms with E-state index in [1.54, 1.807) is 20.2 Å². The first-order valence-corrected chi connectivity index (χ1v) is 9.67. The minimum atomic E-state index is -0.0771. The van der Waals surface area contributed by atoms with E-state index in [4.69, 9.17) is 0 Å². The van der Waals surface area contributed by atoms with Gasteiger partial charge in [0, 0.05) is 45.2 Å². The van der Waals surface area contributed by atoms with Gasteiger partial charge in [0.15, 0.2) is 5.96 Å². The van der Waals surface area contributed by atoms with E-state index in [2.05, 4.69) is 26.3 Å². The van der Waals surface area contributed by atoms with Crippen LogP contribution >= 0.6 is 24.0 Å². The molecule has 28 heavy (non-hydrogen) atoms. The monoisotopic (exact) mass is 501 g/mol. The zero-order chi connectivity index (χ0) is 19.5. The fourth-order valence-electron chi connectivity index (χ4n) is 2.88. The maximum atomic E-state index is 11.7. The Kier molecular flexibility index (Phi) is 11.5. The molecule has 8 heteroatoms. The number of carbonyl (C=O) groups excluding carboxylic acids is 2. The van der Waals surface area contributed by atoms with Gasteiger partial charge in [-0.15, -0.1) is 24.0 Å². The van der Waals surface area contributed by atoms with Crippen LogP contribution in [0.3, 0.4) is 0 Å². The third-order valence-corrected chi connectivity index (χ3v) is 4.77. The van der Waals surface area contributed by atoms with Crippen molar-refractivity contribution in [2.75, 3.05) is 33.7 Å². The number of hydrogen-bond acceptors (Lipinski definition) is 3. The second-order valence-corrected chi connectivity index (χ2v) is 6.73. The van der Waals surface area contributed by atoms with E-state index in [9.17, 15) is 9.59 Å². The lowest BCUT2D eigenvalue weighted by molar-refractivity contribution is -0.127. The topological polar surface area (TPSA) is 94.6 Å². The highest BCUT2D eigenvalue weighted by Gasteiger charge is 2.24. The van der Waals surface area contributed by atoms with Gasteiger partial charge in [-0.1, -0.05) is 18.6 Å². The van der Waals surface area contributed by atoms with Crippen molar-refractivity contribution in [2.24, 2.45) is 10.9 Å². The molecule has 0 radical (unpaired) electrons. The number of aliphatic imine (C=N–C) groups is 1. The lowest BCUT2D eigenvalue weighted by atomic mass is 9.85. The lowest BCUT2D eigenvalue weighted by Gasteiger charge is -2.24. The van der Waals surface area contributed by atoms with Crippen LogP contribution in [0, 0.1) is 5.92 Å². The summed E-state index contributed by atoms with van der Waals surface area (Å²) >= 11 is 0. The summed E-state index contributed by atoms with van der Waals surface area (Å²) in [6.45, 7) is 2.15. The molecule has 0 spiro atoms. The Morgan fingerprint density at radius 2 is 1.82 bits per heavy atom. The zero-order valence-corrected chi connectivity index (χ0v) is 19.0. The summed E-state index contributed by atoms with van der Waals surface area (Å²) < 4.78 is 0. The van der Waals surface area contributed by atoms with Crippen molar-refractivity contribution in [3.8, 4) is 0 Å². The van der Waals surface area contributed by atoms with Gasteiger partial charge in [-0.05, 0) is 43.4 Å². The predicted molar refractivity (Wildman–Crippen MR) is 123 cm³/mol. The molecule has 0 aromatic heterocycles. The molecule has 0 heterocycles. The SMILES string of the molecule is CN=C(NCCCNC(=O)C1CCC1)NCCc1cccc(C(=O)NC)c1.I. The Labute approximate surface area is 184 Å². The molecule has 1 aliphatic rings. The number of benzene rings is 1. The quantitative estimate of drug-likeness (QED) is 0.179. The maximum Gasteiger partial charge on any atom is 0.251 e. The largest absolute Gasteiger partial charge is 0.356 e. The number of hydrogen-bond donors (Lipinski definition) is 4. The Morgan fingerprint density at radius 1 is 1.11 bits per heavy atom. The molecule has 1 aromatic carbocycles. The average molecular weight is 501 g/mol. The molecule has 0 saturated heterocycles. The highest BCUT2D eigenvalue weighted by Crippen LogP contribution is 2.25. The van der Waals surface area contributed by atoms with Gasteiger partial charge in [0.2, 0.25) is 5.91 Å². The van der Waals surface area contributed by atoms with Gasteiger partial charge in [0.25, 0.3) is 5.91 Å². The molecule has 2 rings (SSSR count). The fourth-order valence-corrected chi connectivity index (χ4v) is 2.88. The summed E-state index contributed by atoms with van der Waals surface area (Å²) in [6.07, 6.45) is 4.90. The zero-order valence-electron chi connectivity index (χ0n) is 16.7. The molecule has 0 aliphatic heterocycles. The highest BCUT2D eigenvalue weighted by molar-refractivity contribution is 14.0. The van der Waals surface area contributed by atoms with E-state index in [1.165, 1.54) is 6.42 Å². The standard InChI is InChI=1S/C20H31N5O2.HI/c1-21-18(26)17-9-3-6-15(14-17)10-13-25-20(22-2)24-12-5-11-23-19(27)16-7-4-8-16;/h3,6,9,14,16H,4-5,7-8,10-13H2,1-2H3,(H,21,26)(H,23,27)(H2,22,24,25);1H. The molecule has 156 valence electrons. The Balaban J connectivity index is 0.00000392. The number of guanidine groups is 1. The summed E-state index contributed by atoms with van der Waals surface area (Å²) in [5.74, 6) is 1.10. The van der Waals surface area contributed by atoms with E-state index in [0.717, 1.165) is 50.3 Å². The highest BCUT2D eigenvalue weighted by atomic mass is 127. The van der Waals surface area contributed by atoms with Gasteiger partial charge in [-0.25, -0.2) is 0 Å². The molecule has 2 amide bonds. The van der Waals surface area contributed by atoms with E-state index in [1.807, 2.05) is 18.2 Å². The molecular formula is C20H32IN5O2. The molecular weight excluding hydrogens is 469 g/mol. The number of nitrogens with zero attached hydrogens (tertiary/aromatic N) is 1. The average Bonchev–Trinajstić information content (AvgIpc) is 2.64. The summed E-state index contributed by atoms with van der Waals surface area (Å²) in [6, 6.07) is 7.61. The van der Waals surface area contributed by atoms with Crippen LogP contribution in [-0.4, -0.2) is 51.5 Å². The minimum Gasteiger partial charge on any atom is -0.356 e. The number of nitrogens with one attached hydrogen (secondary N) is 4. The van der Waals surface area contributed by atoms with E-state index < -0.39 is 0 Å². The van der Waals surface area contributed by atoms with Crippen LogP contribution in [0.15, 0.2) is 29.3 Å². The van der Waals surface area contributed by atoms with Crippen molar-refractivity contribution < 1.29 is 9.59 Å². The third kappa shape index (κ3) is 8.04. The van der Waals surface area contributed by atoms with Crippen molar-refractivity contribution in [1.82, 2.24) is 21.3 Å². The first kappa shape index (κ1) is 24.2. The predicted octanol–water partition coefficient (Wildman–Crippen LogP) is 1.68. The van der Waals surface area contributed by atoms with Crippen LogP contribution in [0.2, 0.25) is 0 Å². The summed E-state index contributed by atoms with van der Waals surface area (Å²) in [4.78, 5) is 27.6. The molecule has 1 fully saturated rings. The van der Waals surface area contributed by atoms with E-state index >= 15 is 0 Å². The Morgan fingerprint density at radius 3 is 2.46 bits per heavy atom. The first-order chi connectivity index (χ1) is 13.1. The number of carbonyl (C=O) groups is 2. The minimum absolute atomic E-state index is 0. The van der Waals surface area contributed by atoms with Crippen LogP contribution in [-0.2, 0) is 11.2 Å². The van der Waals surface area contributed by atoms with Crippen molar-refractivity contribution in [2.45, 2.75) is 32.1 Å². The summed E-state index contributed by atoms with van der Waals surface area (Å²) in [5, 5.41) is 12.1. The molecule has 0 unspecified atom stereocenters. The smallest absolute Gasteiger partial charge is 0.251 e. The molecule has 4 N–H and O–H groups in total. The van der Waals surface area contributed by atoms with Crippen molar-refractivity contribution in [1.29, 1.82) is 0 Å². The first-order valence-electron chi connectivity index (χ1n) is 9.67.